The number of hydrogen-bond donors (Lipinski definition) is 1. The number of rotatable bonds is 5. The van der Waals surface area contributed by atoms with Gasteiger partial charge in [-0.15, -0.1) is 0 Å². The molecule has 4 aliphatic carbocycles. The highest BCUT2D eigenvalue weighted by molar-refractivity contribution is 5.83. The average Bonchev–Trinajstić information content (AvgIpc) is 3.07. The molecule has 0 heterocycles. The van der Waals surface area contributed by atoms with Crippen molar-refractivity contribution in [3.63, 3.8) is 0 Å². The Hall–Kier alpha value is -0.630. The quantitative estimate of drug-likeness (QED) is 0.476. The highest BCUT2D eigenvalue weighted by atomic mass is 16.3. The van der Waals surface area contributed by atoms with Crippen LogP contribution in [0.1, 0.15) is 99.3 Å². The first-order valence-electron chi connectivity index (χ1n) is 13.5. The monoisotopic (exact) mass is 428 g/mol. The molecule has 0 saturated heterocycles. The third kappa shape index (κ3) is 3.87. The fourth-order valence-corrected chi connectivity index (χ4v) is 9.21. The van der Waals surface area contributed by atoms with Gasteiger partial charge in [-0.25, -0.2) is 0 Å². The molecule has 31 heavy (non-hydrogen) atoms. The van der Waals surface area contributed by atoms with Crippen LogP contribution in [0, 0.1) is 58.2 Å². The van der Waals surface area contributed by atoms with Crippen molar-refractivity contribution >= 4 is 5.78 Å². The fraction of sp³-hybridized carbons (Fsp3) is 0.897. The van der Waals surface area contributed by atoms with Crippen molar-refractivity contribution in [3.05, 3.63) is 12.2 Å². The molecule has 4 aliphatic rings. The Morgan fingerprint density at radius 2 is 1.68 bits per heavy atom. The number of carbonyl (C=O) groups excluding carboxylic acids is 1. The van der Waals surface area contributed by atoms with Gasteiger partial charge in [0.05, 0.1) is 6.10 Å². The predicted molar refractivity (Wildman–Crippen MR) is 129 cm³/mol. The highest BCUT2D eigenvalue weighted by Crippen LogP contribution is 2.67. The summed E-state index contributed by atoms with van der Waals surface area (Å²) in [5, 5.41) is 10.2. The van der Waals surface area contributed by atoms with Gasteiger partial charge in [-0.1, -0.05) is 53.7 Å². The zero-order chi connectivity index (χ0) is 22.6. The van der Waals surface area contributed by atoms with Crippen molar-refractivity contribution < 1.29 is 9.90 Å². The predicted octanol–water partition coefficient (Wildman–Crippen LogP) is 7.06. The first kappa shape index (κ1) is 23.5. The van der Waals surface area contributed by atoms with Crippen LogP contribution in [0.5, 0.6) is 0 Å². The summed E-state index contributed by atoms with van der Waals surface area (Å²) in [6.45, 7) is 14.5. The molecular formula is C29H48O2. The SMILES string of the molecule is CCC(/C=C/[C@@H](C)[C@H]1CC[C@H]2[C@@H]3CC(=O)[C@H]4C[C@@H](O)CC[C@]4(C)[C@H]3CC[C@]12C)C(C)C. The maximum Gasteiger partial charge on any atom is 0.136 e. The van der Waals surface area contributed by atoms with Gasteiger partial charge in [-0.05, 0) is 104 Å². The molecular weight excluding hydrogens is 380 g/mol. The molecule has 4 rings (SSSR count). The largest absolute Gasteiger partial charge is 0.393 e. The van der Waals surface area contributed by atoms with Crippen molar-refractivity contribution in [1.29, 1.82) is 0 Å². The van der Waals surface area contributed by atoms with Gasteiger partial charge < -0.3 is 5.11 Å². The lowest BCUT2D eigenvalue weighted by molar-refractivity contribution is -0.159. The van der Waals surface area contributed by atoms with Crippen molar-refractivity contribution in [3.8, 4) is 0 Å². The summed E-state index contributed by atoms with van der Waals surface area (Å²) in [6, 6.07) is 0. The number of Topliss-reactive ketones (excluding diaryl/α,β-unsaturated/α-hetero) is 1. The molecule has 10 atom stereocenters. The molecule has 4 fully saturated rings. The fourth-order valence-electron chi connectivity index (χ4n) is 9.21. The van der Waals surface area contributed by atoms with E-state index >= 15 is 0 Å². The number of ketones is 1. The van der Waals surface area contributed by atoms with E-state index < -0.39 is 0 Å². The molecule has 4 saturated carbocycles. The number of aliphatic hydroxyl groups is 1. The summed E-state index contributed by atoms with van der Waals surface area (Å²) in [4.78, 5) is 13.3. The van der Waals surface area contributed by atoms with Gasteiger partial charge in [0.2, 0.25) is 0 Å². The summed E-state index contributed by atoms with van der Waals surface area (Å²) in [7, 11) is 0. The smallest absolute Gasteiger partial charge is 0.136 e. The van der Waals surface area contributed by atoms with E-state index in [0.29, 0.717) is 46.7 Å². The molecule has 0 aromatic heterocycles. The van der Waals surface area contributed by atoms with Gasteiger partial charge in [0.1, 0.15) is 5.78 Å². The first-order valence-corrected chi connectivity index (χ1v) is 13.5. The van der Waals surface area contributed by atoms with Gasteiger partial charge in [-0.2, -0.15) is 0 Å². The number of carbonyl (C=O) groups is 1. The summed E-state index contributed by atoms with van der Waals surface area (Å²) < 4.78 is 0. The Morgan fingerprint density at radius 1 is 1.00 bits per heavy atom. The average molecular weight is 429 g/mol. The lowest BCUT2D eigenvalue weighted by Gasteiger charge is -2.60. The molecule has 0 radical (unpaired) electrons. The van der Waals surface area contributed by atoms with Crippen LogP contribution in [0.3, 0.4) is 0 Å². The Bertz CT molecular complexity index is 695. The van der Waals surface area contributed by atoms with Gasteiger partial charge in [0.25, 0.3) is 0 Å². The highest BCUT2D eigenvalue weighted by Gasteiger charge is 2.62. The molecule has 0 amide bonds. The van der Waals surface area contributed by atoms with E-state index in [4.69, 9.17) is 0 Å². The lowest BCUT2D eigenvalue weighted by Crippen LogP contribution is -2.57. The minimum absolute atomic E-state index is 0.114. The first-order chi connectivity index (χ1) is 14.6. The molecule has 176 valence electrons. The second kappa shape index (κ2) is 8.62. The van der Waals surface area contributed by atoms with E-state index in [9.17, 15) is 9.90 Å². The molecule has 0 bridgehead atoms. The molecule has 2 nitrogen and oxygen atoms in total. The van der Waals surface area contributed by atoms with Gasteiger partial charge in [0.15, 0.2) is 0 Å². The Labute approximate surface area is 191 Å². The molecule has 0 spiro atoms. The molecule has 0 aromatic rings. The van der Waals surface area contributed by atoms with Crippen LogP contribution in [-0.2, 0) is 4.79 Å². The van der Waals surface area contributed by atoms with E-state index in [-0.39, 0.29) is 17.4 Å². The van der Waals surface area contributed by atoms with Crippen LogP contribution in [-0.4, -0.2) is 17.0 Å². The van der Waals surface area contributed by atoms with Gasteiger partial charge in [-0.3, -0.25) is 4.79 Å². The number of fused-ring (bicyclic) bond motifs is 5. The van der Waals surface area contributed by atoms with E-state index in [1.165, 1.54) is 32.1 Å². The minimum Gasteiger partial charge on any atom is -0.393 e. The molecule has 0 aromatic carbocycles. The molecule has 0 aliphatic heterocycles. The van der Waals surface area contributed by atoms with Crippen LogP contribution in [0.2, 0.25) is 0 Å². The molecule has 2 heteroatoms. The summed E-state index contributed by atoms with van der Waals surface area (Å²) >= 11 is 0. The summed E-state index contributed by atoms with van der Waals surface area (Å²) in [5.74, 6) is 5.38. The third-order valence-electron chi connectivity index (χ3n) is 11.1. The lowest BCUT2D eigenvalue weighted by atomic mass is 9.44. The van der Waals surface area contributed by atoms with Gasteiger partial charge in [0, 0.05) is 12.3 Å². The van der Waals surface area contributed by atoms with Crippen molar-refractivity contribution in [1.82, 2.24) is 0 Å². The van der Waals surface area contributed by atoms with Crippen LogP contribution >= 0.6 is 0 Å². The normalized spacial score (nSPS) is 47.2. The Kier molecular flexibility index (Phi) is 6.54. The van der Waals surface area contributed by atoms with Crippen molar-refractivity contribution in [2.24, 2.45) is 58.2 Å². The maximum atomic E-state index is 13.3. The van der Waals surface area contributed by atoms with E-state index in [0.717, 1.165) is 31.6 Å². The standard InChI is InChI=1S/C29H48O2/c1-7-20(18(2)3)9-8-19(4)23-10-11-24-22-17-27(31)26-16-21(30)12-14-29(26,6)25(22)13-15-28(23,24)5/h8-9,18-26,30H,7,10-17H2,1-6H3/b9-8+/t19-,20?,21+,22+,23-,24+,25+,26-,28-,29-/m1/s1. The Morgan fingerprint density at radius 3 is 2.35 bits per heavy atom. The van der Waals surface area contributed by atoms with Gasteiger partial charge >= 0.3 is 0 Å². The number of hydrogen-bond acceptors (Lipinski definition) is 2. The van der Waals surface area contributed by atoms with Crippen LogP contribution in [0.4, 0.5) is 0 Å². The van der Waals surface area contributed by atoms with Crippen LogP contribution in [0.15, 0.2) is 12.2 Å². The van der Waals surface area contributed by atoms with Crippen molar-refractivity contribution in [2.75, 3.05) is 0 Å². The summed E-state index contributed by atoms with van der Waals surface area (Å²) in [5.41, 5.74) is 0.526. The van der Waals surface area contributed by atoms with E-state index in [1.807, 2.05) is 0 Å². The third-order valence-corrected chi connectivity index (χ3v) is 11.1. The topological polar surface area (TPSA) is 37.3 Å². The molecule has 1 unspecified atom stereocenters. The van der Waals surface area contributed by atoms with Crippen LogP contribution in [0.25, 0.3) is 0 Å². The second-order valence-electron chi connectivity index (χ2n) is 12.8. The van der Waals surface area contributed by atoms with Crippen LogP contribution < -0.4 is 0 Å². The summed E-state index contributed by atoms with van der Waals surface area (Å²) in [6.07, 6.45) is 14.8. The van der Waals surface area contributed by atoms with E-state index in [1.54, 1.807) is 0 Å². The molecule has 1 N–H and O–H groups in total. The number of allylic oxidation sites excluding steroid dienone is 2. The van der Waals surface area contributed by atoms with Crippen molar-refractivity contribution in [2.45, 2.75) is 105 Å². The Balaban J connectivity index is 1.53. The zero-order valence-electron chi connectivity index (χ0n) is 21.1. The number of aliphatic hydroxyl groups excluding tert-OH is 1. The maximum absolute atomic E-state index is 13.3. The van der Waals surface area contributed by atoms with E-state index in [2.05, 4.69) is 53.7 Å². The zero-order valence-corrected chi connectivity index (χ0v) is 21.1. The second-order valence-corrected chi connectivity index (χ2v) is 12.8. The minimum atomic E-state index is -0.256.